The number of thioether (sulfide) groups is 1. The zero-order valence-electron chi connectivity index (χ0n) is 13.0. The zero-order chi connectivity index (χ0) is 16.8. The van der Waals surface area contributed by atoms with E-state index in [0.29, 0.717) is 11.1 Å². The van der Waals surface area contributed by atoms with Crippen molar-refractivity contribution in [3.8, 4) is 0 Å². The molecule has 0 aromatic heterocycles. The summed E-state index contributed by atoms with van der Waals surface area (Å²) in [6.07, 6.45) is 0. The molecule has 0 unspecified atom stereocenters. The van der Waals surface area contributed by atoms with Gasteiger partial charge in [-0.05, 0) is 12.1 Å². The van der Waals surface area contributed by atoms with Gasteiger partial charge in [-0.15, -0.1) is 11.8 Å². The molecule has 0 aliphatic carbocycles. The second-order valence-electron chi connectivity index (χ2n) is 5.27. The highest BCUT2D eigenvalue weighted by Gasteiger charge is 2.29. The van der Waals surface area contributed by atoms with Crippen LogP contribution in [0.4, 0.5) is 0 Å². The van der Waals surface area contributed by atoms with Gasteiger partial charge >= 0.3 is 0 Å². The molecule has 118 valence electrons. The largest absolute Gasteiger partial charge is 0.292 e. The van der Waals surface area contributed by atoms with Crippen molar-refractivity contribution in [2.75, 3.05) is 0 Å². The molecule has 0 N–H and O–H groups in total. The minimum absolute atomic E-state index is 0.168. The van der Waals surface area contributed by atoms with Gasteiger partial charge in [-0.25, -0.2) is 0 Å². The first kappa shape index (κ1) is 16.2. The van der Waals surface area contributed by atoms with E-state index >= 15 is 0 Å². The van der Waals surface area contributed by atoms with Gasteiger partial charge < -0.3 is 0 Å². The third kappa shape index (κ3) is 3.81. The Morgan fingerprint density at radius 1 is 0.583 bits per heavy atom. The Morgan fingerprint density at radius 3 is 1.38 bits per heavy atom. The maximum absolute atomic E-state index is 12.9. The van der Waals surface area contributed by atoms with Gasteiger partial charge in [-0.2, -0.15) is 0 Å². The van der Waals surface area contributed by atoms with E-state index in [1.165, 1.54) is 11.8 Å². The van der Waals surface area contributed by atoms with Gasteiger partial charge in [0, 0.05) is 16.0 Å². The molecule has 3 aromatic carbocycles. The van der Waals surface area contributed by atoms with Crippen LogP contribution in [0.3, 0.4) is 0 Å². The van der Waals surface area contributed by atoms with Crippen LogP contribution in [-0.4, -0.2) is 16.8 Å². The van der Waals surface area contributed by atoms with Gasteiger partial charge in [-0.3, -0.25) is 9.59 Å². The Kier molecular flexibility index (Phi) is 5.24. The highest BCUT2D eigenvalue weighted by molar-refractivity contribution is 8.01. The molecule has 0 spiro atoms. The van der Waals surface area contributed by atoms with Crippen molar-refractivity contribution in [3.63, 3.8) is 0 Å². The number of benzene rings is 3. The fourth-order valence-corrected chi connectivity index (χ4v) is 3.44. The molecule has 24 heavy (non-hydrogen) atoms. The van der Waals surface area contributed by atoms with E-state index in [9.17, 15) is 9.59 Å². The molecule has 3 heteroatoms. The predicted octanol–water partition coefficient (Wildman–Crippen LogP) is 4.91. The lowest BCUT2D eigenvalue weighted by Crippen LogP contribution is -2.27. The lowest BCUT2D eigenvalue weighted by Gasteiger charge is -2.15. The van der Waals surface area contributed by atoms with Crippen molar-refractivity contribution in [1.82, 2.24) is 0 Å². The summed E-state index contributed by atoms with van der Waals surface area (Å²) in [5.74, 6) is -0.336. The zero-order valence-corrected chi connectivity index (χ0v) is 13.8. The third-order valence-corrected chi connectivity index (χ3v) is 4.80. The van der Waals surface area contributed by atoms with Gasteiger partial charge in [-0.1, -0.05) is 78.9 Å². The second kappa shape index (κ2) is 7.75. The SMILES string of the molecule is O=C(c1ccccc1)C(Sc1ccccc1)C(=O)c1ccccc1. The fraction of sp³-hybridized carbons (Fsp3) is 0.0476. The normalized spacial score (nSPS) is 10.5. The molecule has 0 amide bonds. The van der Waals surface area contributed by atoms with Gasteiger partial charge in [0.2, 0.25) is 0 Å². The Bertz CT molecular complexity index is 763. The predicted molar refractivity (Wildman–Crippen MR) is 97.6 cm³/mol. The summed E-state index contributed by atoms with van der Waals surface area (Å²) >= 11 is 1.30. The third-order valence-electron chi connectivity index (χ3n) is 3.59. The summed E-state index contributed by atoms with van der Waals surface area (Å²) in [6, 6.07) is 27.5. The van der Waals surface area contributed by atoms with Crippen molar-refractivity contribution in [3.05, 3.63) is 102 Å². The molecule has 3 rings (SSSR count). The fourth-order valence-electron chi connectivity index (χ4n) is 2.37. The molecule has 0 aliphatic heterocycles. The number of rotatable bonds is 6. The van der Waals surface area contributed by atoms with Crippen LogP contribution in [0.2, 0.25) is 0 Å². The summed E-state index contributed by atoms with van der Waals surface area (Å²) in [5.41, 5.74) is 1.10. The molecule has 0 saturated heterocycles. The second-order valence-corrected chi connectivity index (χ2v) is 6.45. The van der Waals surface area contributed by atoms with E-state index in [0.717, 1.165) is 4.90 Å². The standard InChI is InChI=1S/C21H16O2S/c22-19(16-10-4-1-5-11-16)21(24-18-14-8-3-9-15-18)20(23)17-12-6-2-7-13-17/h1-15,21H. The maximum Gasteiger partial charge on any atom is 0.184 e. The monoisotopic (exact) mass is 332 g/mol. The molecule has 0 saturated carbocycles. The molecule has 3 aromatic rings. The van der Waals surface area contributed by atoms with Crippen molar-refractivity contribution in [2.24, 2.45) is 0 Å². The Morgan fingerprint density at radius 2 is 0.958 bits per heavy atom. The van der Waals surface area contributed by atoms with Crippen LogP contribution in [0.5, 0.6) is 0 Å². The van der Waals surface area contributed by atoms with Gasteiger partial charge in [0.25, 0.3) is 0 Å². The average molecular weight is 332 g/mol. The minimum Gasteiger partial charge on any atom is -0.292 e. The van der Waals surface area contributed by atoms with E-state index in [1.807, 2.05) is 66.7 Å². The van der Waals surface area contributed by atoms with Crippen LogP contribution < -0.4 is 0 Å². The molecule has 0 bridgehead atoms. The van der Waals surface area contributed by atoms with Crippen LogP contribution in [0.1, 0.15) is 20.7 Å². The lowest BCUT2D eigenvalue weighted by molar-refractivity contribution is 0.0903. The summed E-state index contributed by atoms with van der Waals surface area (Å²) in [7, 11) is 0. The Hall–Kier alpha value is -2.65. The van der Waals surface area contributed by atoms with E-state index < -0.39 is 5.25 Å². The molecule has 0 aliphatic rings. The molecular formula is C21H16O2S. The first-order valence-electron chi connectivity index (χ1n) is 7.66. The molecule has 0 heterocycles. The lowest BCUT2D eigenvalue weighted by atomic mass is 10.0. The Labute approximate surface area is 145 Å². The molecular weight excluding hydrogens is 316 g/mol. The number of carbonyl (C=O) groups is 2. The summed E-state index contributed by atoms with van der Waals surface area (Å²) in [6.45, 7) is 0. The van der Waals surface area contributed by atoms with Crippen LogP contribution in [0.15, 0.2) is 95.9 Å². The highest BCUT2D eigenvalue weighted by Crippen LogP contribution is 2.28. The van der Waals surface area contributed by atoms with Crippen molar-refractivity contribution < 1.29 is 9.59 Å². The number of Topliss-reactive ketones (excluding diaryl/α,β-unsaturated/α-hetero) is 2. The average Bonchev–Trinajstić information content (AvgIpc) is 2.67. The van der Waals surface area contributed by atoms with E-state index in [-0.39, 0.29) is 11.6 Å². The maximum atomic E-state index is 12.9. The summed E-state index contributed by atoms with van der Waals surface area (Å²) in [4.78, 5) is 26.7. The smallest absolute Gasteiger partial charge is 0.184 e. The minimum atomic E-state index is -0.794. The van der Waals surface area contributed by atoms with Crippen LogP contribution in [-0.2, 0) is 0 Å². The first-order valence-corrected chi connectivity index (χ1v) is 8.54. The molecule has 0 radical (unpaired) electrons. The first-order chi connectivity index (χ1) is 11.8. The number of hydrogen-bond donors (Lipinski definition) is 0. The molecule has 0 fully saturated rings. The van der Waals surface area contributed by atoms with Crippen molar-refractivity contribution >= 4 is 23.3 Å². The number of hydrogen-bond acceptors (Lipinski definition) is 3. The van der Waals surface area contributed by atoms with E-state index in [1.54, 1.807) is 24.3 Å². The number of ketones is 2. The topological polar surface area (TPSA) is 34.1 Å². The van der Waals surface area contributed by atoms with Crippen LogP contribution in [0, 0.1) is 0 Å². The van der Waals surface area contributed by atoms with Crippen LogP contribution >= 0.6 is 11.8 Å². The molecule has 2 nitrogen and oxygen atoms in total. The Balaban J connectivity index is 1.94. The van der Waals surface area contributed by atoms with E-state index in [4.69, 9.17) is 0 Å². The highest BCUT2D eigenvalue weighted by atomic mass is 32.2. The number of carbonyl (C=O) groups excluding carboxylic acids is 2. The summed E-state index contributed by atoms with van der Waals surface area (Å²) < 4.78 is 0. The van der Waals surface area contributed by atoms with Crippen molar-refractivity contribution in [1.29, 1.82) is 0 Å². The van der Waals surface area contributed by atoms with E-state index in [2.05, 4.69) is 0 Å². The van der Waals surface area contributed by atoms with Gasteiger partial charge in [0.1, 0.15) is 5.25 Å². The quantitative estimate of drug-likeness (QED) is 0.365. The summed E-state index contributed by atoms with van der Waals surface area (Å²) in [5, 5.41) is -0.794. The van der Waals surface area contributed by atoms with Gasteiger partial charge in [0.15, 0.2) is 11.6 Å². The van der Waals surface area contributed by atoms with Crippen molar-refractivity contribution in [2.45, 2.75) is 10.1 Å². The van der Waals surface area contributed by atoms with Crippen LogP contribution in [0.25, 0.3) is 0 Å². The van der Waals surface area contributed by atoms with Gasteiger partial charge in [0.05, 0.1) is 0 Å². The molecule has 0 atom stereocenters.